The Morgan fingerprint density at radius 1 is 0.198 bits per heavy atom. The summed E-state index contributed by atoms with van der Waals surface area (Å²) < 4.78 is 579. The van der Waals surface area contributed by atoms with Gasteiger partial charge in [-0.15, -0.1) is 57.3 Å². The third-order valence-electron chi connectivity index (χ3n) is 13.8. The molecule has 510 valence electrons. The summed E-state index contributed by atoms with van der Waals surface area (Å²) in [6, 6.07) is 0.0619. The van der Waals surface area contributed by atoms with Gasteiger partial charge in [-0.05, 0) is 28.7 Å². The lowest BCUT2D eigenvalue weighted by molar-refractivity contribution is -0.538. The molecule has 0 amide bonds. The van der Waals surface area contributed by atoms with Gasteiger partial charge < -0.3 is 4.48 Å². The molecule has 0 saturated carbocycles. The lowest BCUT2D eigenvalue weighted by Gasteiger charge is -2.43. The van der Waals surface area contributed by atoms with Gasteiger partial charge in [-0.25, -0.2) is 154 Å². The van der Waals surface area contributed by atoms with Crippen molar-refractivity contribution in [2.75, 3.05) is 10.7 Å². The van der Waals surface area contributed by atoms with Crippen LogP contribution >= 0.6 is 46.4 Å². The highest BCUT2D eigenvalue weighted by atomic mass is 35.5. The summed E-state index contributed by atoms with van der Waals surface area (Å²) in [6.07, 6.45) is -9.36. The predicted molar refractivity (Wildman–Crippen MR) is 265 cm³/mol. The maximum Gasteiger partial charge on any atom is 0.368 e. The zero-order valence-electron chi connectivity index (χ0n) is 44.1. The van der Waals surface area contributed by atoms with Crippen molar-refractivity contribution in [2.24, 2.45) is 0 Å². The van der Waals surface area contributed by atoms with Gasteiger partial charge in [0.1, 0.15) is 24.0 Å². The molecule has 0 spiro atoms. The van der Waals surface area contributed by atoms with Crippen LogP contribution in [-0.2, 0) is 0 Å². The van der Waals surface area contributed by atoms with Crippen molar-refractivity contribution >= 4 is 91.4 Å². The van der Waals surface area contributed by atoms with E-state index in [0.29, 0.717) is 0 Å². The van der Waals surface area contributed by atoms with Crippen LogP contribution in [0.2, 0.25) is 0 Å². The Morgan fingerprint density at radius 3 is 0.531 bits per heavy atom. The molecule has 2 heterocycles. The van der Waals surface area contributed by atoms with Gasteiger partial charge in [-0.1, -0.05) is 6.07 Å². The Morgan fingerprint density at radius 2 is 0.344 bits per heavy atom. The largest absolute Gasteiger partial charge is 0.415 e. The van der Waals surface area contributed by atoms with Crippen LogP contribution < -0.4 is 9.94 Å². The van der Waals surface area contributed by atoms with Crippen LogP contribution in [0.5, 0.6) is 0 Å². The third kappa shape index (κ3) is 11.1. The maximum absolute atomic E-state index is 17.9. The lowest BCUT2D eigenvalue weighted by Crippen LogP contribution is -2.75. The smallest absolute Gasteiger partial charge is 0.368 e. The molecule has 8 aromatic rings. The Bertz CT molecular complexity index is 4330. The van der Waals surface area contributed by atoms with Crippen molar-refractivity contribution in [3.05, 3.63) is 268 Å². The number of nitrogens with zero attached hydrogens (tertiary/aromatic N) is 1. The molecule has 0 radical (unpaired) electrons. The van der Waals surface area contributed by atoms with Gasteiger partial charge in [0.15, 0.2) is 157 Å². The van der Waals surface area contributed by atoms with Gasteiger partial charge in [0.05, 0.1) is 32.9 Å². The number of allylic oxidation sites excluding steroid dienone is 4. The first kappa shape index (κ1) is 75.1. The van der Waals surface area contributed by atoms with E-state index in [1.807, 2.05) is 0 Å². The van der Waals surface area contributed by atoms with Crippen LogP contribution in [0.4, 0.5) is 154 Å². The highest BCUT2D eigenvalue weighted by molar-refractivity contribution is 7.15. The molecule has 1 aliphatic heterocycles. The first-order valence-electron chi connectivity index (χ1n) is 23.9. The first-order valence-corrected chi connectivity index (χ1v) is 26.0. The van der Waals surface area contributed by atoms with E-state index in [4.69, 9.17) is 46.4 Å². The van der Waals surface area contributed by atoms with Crippen LogP contribution in [0.3, 0.4) is 0 Å². The minimum atomic E-state index is -8.14. The molecule has 0 bridgehead atoms. The van der Waals surface area contributed by atoms with E-state index in [1.54, 1.807) is 0 Å². The molecule has 0 fully saturated rings. The molecule has 1 aliphatic rings. The minimum Gasteiger partial charge on any atom is -0.415 e. The van der Waals surface area contributed by atoms with Crippen molar-refractivity contribution in [1.82, 2.24) is 0 Å². The molecule has 7 aromatic carbocycles. The second kappa shape index (κ2) is 27.7. The summed E-state index contributed by atoms with van der Waals surface area (Å²) in [5.41, 5.74) is -54.3. The fourth-order valence-corrected chi connectivity index (χ4v) is 10.1. The van der Waals surface area contributed by atoms with E-state index >= 15 is 154 Å². The molecular formula is C55H9BCl4F35N. The van der Waals surface area contributed by atoms with Crippen molar-refractivity contribution in [3.63, 3.8) is 0 Å². The summed E-state index contributed by atoms with van der Waals surface area (Å²) >= 11 is 19.1. The average molecular weight is 1500 g/mol. The summed E-state index contributed by atoms with van der Waals surface area (Å²) in [5, 5.41) is 0.389. The van der Waals surface area contributed by atoms with Crippen molar-refractivity contribution in [1.29, 1.82) is 0 Å². The number of rotatable bonds is 8. The topological polar surface area (TPSA) is 3.88 Å². The lowest BCUT2D eigenvalue weighted by atomic mass is 9.20. The molecular weight excluding hydrogens is 1490 g/mol. The molecule has 0 atom stereocenters. The summed E-state index contributed by atoms with van der Waals surface area (Å²) in [5.74, 6) is -143. The van der Waals surface area contributed by atoms with Crippen molar-refractivity contribution in [2.45, 2.75) is 0 Å². The fraction of sp³-hybridized carbons (Fsp3) is 0.0364. The van der Waals surface area contributed by atoms with Crippen LogP contribution in [0.15, 0.2) is 30.6 Å². The Hall–Kier alpha value is -8.32. The first-order chi connectivity index (χ1) is 44.7. The Balaban J connectivity index is 0.00000209. The van der Waals surface area contributed by atoms with Gasteiger partial charge in [0.25, 0.3) is 0 Å². The Labute approximate surface area is 526 Å². The number of pyridine rings is 1. The summed E-state index contributed by atoms with van der Waals surface area (Å²) in [4.78, 5) is 0. The second-order valence-electron chi connectivity index (χ2n) is 18.3. The van der Waals surface area contributed by atoms with Crippen LogP contribution in [-0.4, -0.2) is 17.0 Å². The number of aromatic nitrogens is 1. The molecule has 1 nitrogen and oxygen atoms in total. The molecule has 1 aromatic heterocycles. The van der Waals surface area contributed by atoms with Crippen LogP contribution in [0.25, 0.3) is 33.2 Å². The molecule has 9 rings (SSSR count). The minimum absolute atomic E-state index is 0.105. The van der Waals surface area contributed by atoms with Crippen LogP contribution in [0.1, 0.15) is 33.4 Å². The van der Waals surface area contributed by atoms with E-state index in [1.165, 1.54) is 0 Å². The van der Waals surface area contributed by atoms with Gasteiger partial charge in [-0.2, -0.15) is 0 Å². The zero-order valence-corrected chi connectivity index (χ0v) is 47.1. The van der Waals surface area contributed by atoms with Crippen molar-refractivity contribution in [3.8, 4) is 0 Å². The van der Waals surface area contributed by atoms with E-state index in [9.17, 15) is 0 Å². The molecule has 0 aliphatic carbocycles. The number of hydrogen-bond donors (Lipinski definition) is 0. The second-order valence-corrected chi connectivity index (χ2v) is 19.9. The molecule has 0 N–H and O–H groups in total. The number of hydrogen-bond acceptors (Lipinski definition) is 0. The normalized spacial score (nSPS) is 13.2. The highest BCUT2D eigenvalue weighted by Crippen LogP contribution is 2.61. The monoisotopic (exact) mass is 1500 g/mol. The van der Waals surface area contributed by atoms with Gasteiger partial charge in [0, 0.05) is 22.3 Å². The maximum atomic E-state index is 17.9. The van der Waals surface area contributed by atoms with E-state index < -0.39 is 299 Å². The highest BCUT2D eigenvalue weighted by Gasteiger charge is 2.61. The molecule has 96 heavy (non-hydrogen) atoms. The van der Waals surface area contributed by atoms with E-state index in [2.05, 4.69) is 0 Å². The Kier molecular flexibility index (Phi) is 21.6. The molecule has 0 saturated heterocycles. The van der Waals surface area contributed by atoms with Crippen LogP contribution in [0, 0.1) is 204 Å². The molecule has 41 heteroatoms. The van der Waals surface area contributed by atoms with Gasteiger partial charge in [0.2, 0.25) is 34.9 Å². The quantitative estimate of drug-likeness (QED) is 0.0469. The third-order valence-corrected chi connectivity index (χ3v) is 13.8. The SMILES string of the molecule is ClCCl.ClCCl.Fc1c(F)c(F)c(C2=C(c3c(F)c(F)c(F)c(F)c3F)C(c3c(F)c(F)c(F)c(F)c3F)=C(c3c(F)c(F)c(F)c(F)c3F)[B-](c3c(F)c(F)c(F)c(F)c3F)([n+]3ccccc3)C(c3c(F)c(F)c(F)c(F)c3F)=C2c2c(F)c(F)c(F)c(F)c2F)c(F)c1F. The van der Waals surface area contributed by atoms with E-state index in [-0.39, 0.29) is 28.9 Å². The summed E-state index contributed by atoms with van der Waals surface area (Å²) in [6.45, 7) is 0. The van der Waals surface area contributed by atoms with Gasteiger partial charge >= 0.3 is 6.28 Å². The summed E-state index contributed by atoms with van der Waals surface area (Å²) in [7, 11) is 0. The number of halogens is 39. The number of alkyl halides is 4. The molecule has 0 unspecified atom stereocenters. The van der Waals surface area contributed by atoms with Crippen molar-refractivity contribution < 1.29 is 158 Å². The number of benzene rings is 7. The predicted octanol–water partition coefficient (Wildman–Crippen LogP) is 19.3. The standard InChI is InChI=1S/C53H5BF35N.2CH2Cl2/c55-19-10(20(56)34(70)47(83)33(19)69)6-7(11-21(57)35(71)48(84)36(72)22(11)58)9(13-25(61)39(75)50(86)40(76)26(13)62)17(15-29(65)43(79)52(88)44(80)30(15)66)54(90-4-2-1-3-5-90,18-31(67)45(81)53(89)46(82)32(18)68)16(14-27(63)41(77)51(87)42(78)28(14)64)8(6)12-23(59)37(73)49(85)38(74)24(12)60;2*2-1-3/h1-5H;2*1H2. The zero-order chi connectivity index (χ0) is 72.7. The fourth-order valence-electron chi connectivity index (χ4n) is 10.1. The average Bonchev–Trinajstić information content (AvgIpc) is 1.39. The van der Waals surface area contributed by atoms with E-state index in [0.717, 1.165) is 0 Å². The van der Waals surface area contributed by atoms with Gasteiger partial charge in [-0.3, -0.25) is 0 Å².